The SMILES string of the molecule is C1CC(N2CCC3(CC2)OCCO3)CN1. The van der Waals surface area contributed by atoms with Crippen LogP contribution >= 0.6 is 0 Å². The highest BCUT2D eigenvalue weighted by Crippen LogP contribution is 2.32. The van der Waals surface area contributed by atoms with Crippen molar-refractivity contribution >= 4 is 0 Å². The highest BCUT2D eigenvalue weighted by Gasteiger charge is 2.41. The van der Waals surface area contributed by atoms with Crippen molar-refractivity contribution < 1.29 is 9.47 Å². The van der Waals surface area contributed by atoms with E-state index in [4.69, 9.17) is 9.47 Å². The maximum atomic E-state index is 5.73. The molecule has 1 N–H and O–H groups in total. The van der Waals surface area contributed by atoms with E-state index in [1.807, 2.05) is 0 Å². The molecule has 3 aliphatic heterocycles. The molecule has 4 nitrogen and oxygen atoms in total. The van der Waals surface area contributed by atoms with Crippen molar-refractivity contribution in [3.8, 4) is 0 Å². The summed E-state index contributed by atoms with van der Waals surface area (Å²) in [7, 11) is 0. The zero-order valence-corrected chi connectivity index (χ0v) is 9.21. The number of piperidine rings is 1. The average molecular weight is 212 g/mol. The van der Waals surface area contributed by atoms with Crippen LogP contribution in [0.15, 0.2) is 0 Å². The molecule has 0 bridgehead atoms. The van der Waals surface area contributed by atoms with E-state index in [-0.39, 0.29) is 5.79 Å². The Bertz CT molecular complexity index is 213. The van der Waals surface area contributed by atoms with Gasteiger partial charge in [0.05, 0.1) is 13.2 Å². The minimum absolute atomic E-state index is 0.206. The number of hydrogen-bond donors (Lipinski definition) is 1. The molecule has 3 aliphatic rings. The smallest absolute Gasteiger partial charge is 0.170 e. The van der Waals surface area contributed by atoms with Gasteiger partial charge in [-0.3, -0.25) is 4.90 Å². The number of hydrogen-bond acceptors (Lipinski definition) is 4. The molecule has 0 aromatic carbocycles. The van der Waals surface area contributed by atoms with Gasteiger partial charge in [-0.15, -0.1) is 0 Å². The fraction of sp³-hybridized carbons (Fsp3) is 1.00. The highest BCUT2D eigenvalue weighted by atomic mass is 16.7. The van der Waals surface area contributed by atoms with E-state index in [1.165, 1.54) is 13.0 Å². The van der Waals surface area contributed by atoms with E-state index < -0.39 is 0 Å². The van der Waals surface area contributed by atoms with Gasteiger partial charge >= 0.3 is 0 Å². The first-order valence-electron chi connectivity index (χ1n) is 6.11. The first-order valence-corrected chi connectivity index (χ1v) is 6.11. The Hall–Kier alpha value is -0.160. The standard InChI is InChI=1S/C11H20N2O2/c1-4-12-9-10(1)13-5-2-11(3-6-13)14-7-8-15-11/h10,12H,1-9H2. The summed E-state index contributed by atoms with van der Waals surface area (Å²) in [6.45, 7) is 6.17. The van der Waals surface area contributed by atoms with Gasteiger partial charge < -0.3 is 14.8 Å². The predicted octanol–water partition coefficient (Wildman–Crippen LogP) is 0.187. The summed E-state index contributed by atoms with van der Waals surface area (Å²) in [6.07, 6.45) is 3.39. The zero-order valence-electron chi connectivity index (χ0n) is 9.21. The van der Waals surface area contributed by atoms with Crippen LogP contribution < -0.4 is 5.32 Å². The summed E-state index contributed by atoms with van der Waals surface area (Å²) in [4.78, 5) is 2.59. The molecular formula is C11H20N2O2. The molecular weight excluding hydrogens is 192 g/mol. The van der Waals surface area contributed by atoms with Gasteiger partial charge in [0.2, 0.25) is 0 Å². The molecule has 3 rings (SSSR count). The van der Waals surface area contributed by atoms with Gasteiger partial charge in [0.1, 0.15) is 0 Å². The molecule has 0 radical (unpaired) electrons. The zero-order chi connectivity index (χ0) is 10.1. The lowest BCUT2D eigenvalue weighted by Gasteiger charge is -2.40. The number of nitrogens with zero attached hydrogens (tertiary/aromatic N) is 1. The summed E-state index contributed by atoms with van der Waals surface area (Å²) in [5, 5.41) is 3.43. The van der Waals surface area contributed by atoms with Crippen molar-refractivity contribution in [2.75, 3.05) is 39.4 Å². The van der Waals surface area contributed by atoms with E-state index in [0.717, 1.165) is 51.7 Å². The maximum Gasteiger partial charge on any atom is 0.170 e. The molecule has 1 atom stereocenters. The molecule has 3 fully saturated rings. The fourth-order valence-electron chi connectivity index (χ4n) is 2.97. The van der Waals surface area contributed by atoms with Gasteiger partial charge in [0.15, 0.2) is 5.79 Å². The third-order valence-electron chi connectivity index (χ3n) is 3.92. The largest absolute Gasteiger partial charge is 0.347 e. The average Bonchev–Trinajstić information content (AvgIpc) is 2.91. The third-order valence-corrected chi connectivity index (χ3v) is 3.92. The molecule has 3 heterocycles. The topological polar surface area (TPSA) is 33.7 Å². The van der Waals surface area contributed by atoms with E-state index in [1.54, 1.807) is 0 Å². The van der Waals surface area contributed by atoms with Crippen molar-refractivity contribution in [1.82, 2.24) is 10.2 Å². The lowest BCUT2D eigenvalue weighted by molar-refractivity contribution is -0.187. The highest BCUT2D eigenvalue weighted by molar-refractivity contribution is 4.88. The van der Waals surface area contributed by atoms with Crippen LogP contribution in [0.3, 0.4) is 0 Å². The van der Waals surface area contributed by atoms with E-state index in [9.17, 15) is 0 Å². The van der Waals surface area contributed by atoms with Gasteiger partial charge in [-0.2, -0.15) is 0 Å². The molecule has 0 aromatic heterocycles. The second-order valence-corrected chi connectivity index (χ2v) is 4.79. The Labute approximate surface area is 90.9 Å². The molecule has 3 saturated heterocycles. The fourth-order valence-corrected chi connectivity index (χ4v) is 2.97. The van der Waals surface area contributed by atoms with Crippen LogP contribution in [-0.4, -0.2) is 56.1 Å². The summed E-state index contributed by atoms with van der Waals surface area (Å²) in [5.74, 6) is -0.206. The van der Waals surface area contributed by atoms with Crippen LogP contribution in [0.1, 0.15) is 19.3 Å². The Kier molecular flexibility index (Phi) is 2.68. The van der Waals surface area contributed by atoms with Crippen LogP contribution in [0.25, 0.3) is 0 Å². The predicted molar refractivity (Wildman–Crippen MR) is 56.7 cm³/mol. The van der Waals surface area contributed by atoms with Gasteiger partial charge in [0.25, 0.3) is 0 Å². The molecule has 4 heteroatoms. The van der Waals surface area contributed by atoms with Crippen molar-refractivity contribution in [1.29, 1.82) is 0 Å². The summed E-state index contributed by atoms with van der Waals surface area (Å²) in [6, 6.07) is 0.753. The first-order chi connectivity index (χ1) is 7.38. The third kappa shape index (κ3) is 1.91. The molecule has 0 aliphatic carbocycles. The van der Waals surface area contributed by atoms with E-state index in [0.29, 0.717) is 0 Å². The second kappa shape index (κ2) is 4.01. The van der Waals surface area contributed by atoms with E-state index in [2.05, 4.69) is 10.2 Å². The minimum Gasteiger partial charge on any atom is -0.347 e. The molecule has 86 valence electrons. The lowest BCUT2D eigenvalue weighted by Crippen LogP contribution is -2.49. The second-order valence-electron chi connectivity index (χ2n) is 4.79. The number of nitrogens with one attached hydrogen (secondary N) is 1. The first kappa shape index (κ1) is 10.0. The Morgan fingerprint density at radius 1 is 1.13 bits per heavy atom. The van der Waals surface area contributed by atoms with E-state index >= 15 is 0 Å². The number of likely N-dealkylation sites (tertiary alicyclic amines) is 1. The van der Waals surface area contributed by atoms with Gasteiger partial charge in [0, 0.05) is 38.5 Å². The molecule has 1 spiro atoms. The van der Waals surface area contributed by atoms with Crippen molar-refractivity contribution in [3.05, 3.63) is 0 Å². The van der Waals surface area contributed by atoms with Crippen molar-refractivity contribution in [2.24, 2.45) is 0 Å². The normalized spacial score (nSPS) is 36.4. The Morgan fingerprint density at radius 3 is 2.47 bits per heavy atom. The van der Waals surface area contributed by atoms with Crippen LogP contribution in [0, 0.1) is 0 Å². The molecule has 15 heavy (non-hydrogen) atoms. The molecule has 0 amide bonds. The van der Waals surface area contributed by atoms with Crippen molar-refractivity contribution in [3.63, 3.8) is 0 Å². The minimum atomic E-state index is -0.206. The Morgan fingerprint density at radius 2 is 1.87 bits per heavy atom. The van der Waals surface area contributed by atoms with Crippen LogP contribution in [-0.2, 0) is 9.47 Å². The number of ether oxygens (including phenoxy) is 2. The monoisotopic (exact) mass is 212 g/mol. The number of rotatable bonds is 1. The molecule has 1 unspecified atom stereocenters. The summed E-state index contributed by atoms with van der Waals surface area (Å²) < 4.78 is 11.5. The molecule has 0 aromatic rings. The van der Waals surface area contributed by atoms with Crippen LogP contribution in [0.2, 0.25) is 0 Å². The molecule has 0 saturated carbocycles. The lowest BCUT2D eigenvalue weighted by atomic mass is 10.0. The van der Waals surface area contributed by atoms with Crippen LogP contribution in [0.4, 0.5) is 0 Å². The van der Waals surface area contributed by atoms with Crippen LogP contribution in [0.5, 0.6) is 0 Å². The van der Waals surface area contributed by atoms with Gasteiger partial charge in [-0.1, -0.05) is 0 Å². The maximum absolute atomic E-state index is 5.73. The Balaban J connectivity index is 1.55. The van der Waals surface area contributed by atoms with Gasteiger partial charge in [-0.05, 0) is 13.0 Å². The van der Waals surface area contributed by atoms with Gasteiger partial charge in [-0.25, -0.2) is 0 Å². The van der Waals surface area contributed by atoms with Crippen molar-refractivity contribution in [2.45, 2.75) is 31.1 Å². The summed E-state index contributed by atoms with van der Waals surface area (Å²) >= 11 is 0. The quantitative estimate of drug-likeness (QED) is 0.672. The summed E-state index contributed by atoms with van der Waals surface area (Å²) in [5.41, 5.74) is 0.